The number of halogens is 1. The summed E-state index contributed by atoms with van der Waals surface area (Å²) < 4.78 is 68.1. The molecule has 3 heteroatoms. The Morgan fingerprint density at radius 2 is 2.55 bits per heavy atom. The van der Waals surface area contributed by atoms with Gasteiger partial charge >= 0.3 is 0 Å². The highest BCUT2D eigenvalue weighted by molar-refractivity contribution is 9.10. The summed E-state index contributed by atoms with van der Waals surface area (Å²) in [5.41, 5.74) is 0. The van der Waals surface area contributed by atoms with Gasteiger partial charge in [0.15, 0.2) is 0 Å². The van der Waals surface area contributed by atoms with E-state index in [9.17, 15) is 0 Å². The summed E-state index contributed by atoms with van der Waals surface area (Å²) in [6, 6.07) is -0.836. The van der Waals surface area contributed by atoms with Gasteiger partial charge in [0.1, 0.15) is 5.82 Å². The molecule has 0 aromatic carbocycles. The second-order valence-electron chi connectivity index (χ2n) is 1.80. The van der Waals surface area contributed by atoms with Crippen molar-refractivity contribution < 1.29 is 12.3 Å². The molecule has 1 fully saturated rings. The third-order valence-electron chi connectivity index (χ3n) is 1.10. The monoisotopic (exact) mass is 221 g/mol. The Balaban J connectivity index is 2.65. The molecular weight excluding hydrogens is 204 g/mol. The molecule has 0 atom stereocenters. The van der Waals surface area contributed by atoms with Crippen molar-refractivity contribution in [2.24, 2.45) is 0 Å². The van der Waals surface area contributed by atoms with E-state index in [1.807, 2.05) is 0 Å². The number of aromatic nitrogens is 1. The van der Waals surface area contributed by atoms with Crippen molar-refractivity contribution in [3.8, 4) is 0 Å². The Kier molecular flexibility index (Phi) is 0.569. The second-order valence-corrected chi connectivity index (χ2v) is 2.59. The van der Waals surface area contributed by atoms with Gasteiger partial charge in [0, 0.05) is 31.9 Å². The Bertz CT molecular complexity index is 570. The Morgan fingerprint density at radius 3 is 3.36 bits per heavy atom. The molecule has 1 aliphatic rings. The van der Waals surface area contributed by atoms with E-state index in [0.29, 0.717) is 4.90 Å². The van der Waals surface area contributed by atoms with Crippen LogP contribution >= 0.6 is 15.9 Å². The quantitative estimate of drug-likeness (QED) is 0.722. The molecule has 11 heavy (non-hydrogen) atoms. The molecule has 1 saturated heterocycles. The highest BCUT2D eigenvalue weighted by Crippen LogP contribution is 2.20. The number of hydrogen-bond donors (Lipinski definition) is 0. The van der Waals surface area contributed by atoms with Gasteiger partial charge in [0.2, 0.25) is 0 Å². The first-order valence-corrected chi connectivity index (χ1v) is 3.60. The van der Waals surface area contributed by atoms with E-state index in [0.717, 1.165) is 0 Å². The molecule has 0 saturated carbocycles. The molecule has 1 aliphatic heterocycles. The summed E-state index contributed by atoms with van der Waals surface area (Å²) in [4.78, 5) is 3.95. The molecule has 0 bridgehead atoms. The number of hydrogen-bond acceptors (Lipinski definition) is 2. The third-order valence-corrected chi connectivity index (χ3v) is 1.49. The summed E-state index contributed by atoms with van der Waals surface area (Å²) in [5.74, 6) is -0.511. The fourth-order valence-corrected chi connectivity index (χ4v) is 0.877. The van der Waals surface area contributed by atoms with Gasteiger partial charge in [-0.3, -0.25) is 0 Å². The van der Waals surface area contributed by atoms with E-state index >= 15 is 0 Å². The average molecular weight is 222 g/mol. The fraction of sp³-hybridized carbons (Fsp3) is 0.375. The zero-order chi connectivity index (χ0) is 15.7. The fourth-order valence-electron chi connectivity index (χ4n) is 0.611. The lowest BCUT2D eigenvalue weighted by Crippen LogP contribution is -2.37. The molecule has 2 heterocycles. The molecule has 0 unspecified atom stereocenters. The lowest BCUT2D eigenvalue weighted by molar-refractivity contribution is 0.609. The van der Waals surface area contributed by atoms with Crippen LogP contribution in [0, 0.1) is 0 Å². The molecule has 0 N–H and O–H groups in total. The second kappa shape index (κ2) is 2.81. The first-order chi connectivity index (χ1) is 8.87. The minimum absolute atomic E-state index is 0.119. The zero-order valence-electron chi connectivity index (χ0n) is 14.3. The first kappa shape index (κ1) is 2.22. The maximum absolute atomic E-state index is 7.77. The first-order valence-electron chi connectivity index (χ1n) is 7.31. The van der Waals surface area contributed by atoms with E-state index in [4.69, 9.17) is 12.3 Å². The van der Waals surface area contributed by atoms with E-state index in [-0.39, 0.29) is 10.5 Å². The van der Waals surface area contributed by atoms with Gasteiger partial charge in [-0.05, 0) is 18.5 Å². The molecule has 1 aromatic heterocycles. The Morgan fingerprint density at radius 1 is 1.73 bits per heavy atom. The van der Waals surface area contributed by atoms with Crippen molar-refractivity contribution in [1.82, 2.24) is 4.98 Å². The molecule has 2 rings (SSSR count). The van der Waals surface area contributed by atoms with E-state index < -0.39 is 37.4 Å². The van der Waals surface area contributed by atoms with Gasteiger partial charge < -0.3 is 4.90 Å². The lowest BCUT2D eigenvalue weighted by Gasteiger charge is -2.31. The van der Waals surface area contributed by atoms with Crippen LogP contribution in [0.15, 0.2) is 22.7 Å². The summed E-state index contributed by atoms with van der Waals surface area (Å²) in [5, 5.41) is 0. The summed E-state index contributed by atoms with van der Waals surface area (Å²) in [6.45, 7) is -5.43. The van der Waals surface area contributed by atoms with Crippen LogP contribution in [-0.2, 0) is 0 Å². The average Bonchev–Trinajstić information content (AvgIpc) is 2.32. The van der Waals surface area contributed by atoms with Crippen LogP contribution in [0.25, 0.3) is 0 Å². The molecule has 0 amide bonds. The Labute approximate surface area is 87.0 Å². The summed E-state index contributed by atoms with van der Waals surface area (Å²) >= 11 is 2.91. The number of pyridine rings is 1. The third kappa shape index (κ3) is 1.38. The maximum Gasteiger partial charge on any atom is 0.129 e. The predicted octanol–water partition coefficient (Wildman–Crippen LogP) is 2.05. The molecule has 0 radical (unpaired) electrons. The maximum atomic E-state index is 7.77. The standard InChI is InChI=1S/C8H9BrN2/c9-7-2-3-10-8(6-7)11-4-1-5-11/h2-3,6H,1,4-5H2/i1D2,2D,3D,4D2,5D2,6D. The van der Waals surface area contributed by atoms with Crippen molar-refractivity contribution >= 4 is 21.7 Å². The van der Waals surface area contributed by atoms with Crippen molar-refractivity contribution in [2.75, 3.05) is 17.9 Å². The van der Waals surface area contributed by atoms with Crippen molar-refractivity contribution in [2.45, 2.75) is 6.37 Å². The Hall–Kier alpha value is -0.570. The van der Waals surface area contributed by atoms with E-state index in [2.05, 4.69) is 20.9 Å². The largest absolute Gasteiger partial charge is 0.356 e. The van der Waals surface area contributed by atoms with Gasteiger partial charge in [-0.1, -0.05) is 15.9 Å². The van der Waals surface area contributed by atoms with Crippen LogP contribution in [-0.4, -0.2) is 18.0 Å². The minimum Gasteiger partial charge on any atom is -0.356 e. The van der Waals surface area contributed by atoms with Crippen LogP contribution in [0.5, 0.6) is 0 Å². The van der Waals surface area contributed by atoms with Gasteiger partial charge in [0.05, 0.1) is 4.11 Å². The lowest BCUT2D eigenvalue weighted by atomic mass is 10.2. The molecule has 2 nitrogen and oxygen atoms in total. The topological polar surface area (TPSA) is 16.1 Å². The summed E-state index contributed by atoms with van der Waals surface area (Å²) in [7, 11) is 0. The minimum atomic E-state index is -2.79. The van der Waals surface area contributed by atoms with Crippen molar-refractivity contribution in [3.05, 3.63) is 22.7 Å². The smallest absolute Gasteiger partial charge is 0.129 e. The molecule has 1 aromatic rings. The number of rotatable bonds is 1. The van der Waals surface area contributed by atoms with Crippen LogP contribution in [0.1, 0.15) is 18.7 Å². The number of nitrogens with zero attached hydrogens (tertiary/aromatic N) is 2. The van der Waals surface area contributed by atoms with Crippen molar-refractivity contribution in [3.63, 3.8) is 0 Å². The highest BCUT2D eigenvalue weighted by Gasteiger charge is 2.14. The van der Waals surface area contributed by atoms with Gasteiger partial charge in [-0.2, -0.15) is 0 Å². The van der Waals surface area contributed by atoms with Gasteiger partial charge in [-0.15, -0.1) is 0 Å². The summed E-state index contributed by atoms with van der Waals surface area (Å²) in [6.07, 6.45) is -3.34. The van der Waals surface area contributed by atoms with Crippen molar-refractivity contribution in [1.29, 1.82) is 0 Å². The van der Waals surface area contributed by atoms with Gasteiger partial charge in [0.25, 0.3) is 0 Å². The SMILES string of the molecule is [2H]c1nc(N2C([2H])([2H])C([2H])([2H])C2([2H])[2H])c([2H])c(Br)c1[2H]. The predicted molar refractivity (Wildman–Crippen MR) is 48.8 cm³/mol. The van der Waals surface area contributed by atoms with Crippen LogP contribution in [0.2, 0.25) is 0 Å². The van der Waals surface area contributed by atoms with E-state index in [1.165, 1.54) is 0 Å². The normalized spacial score (nSPS) is 41.9. The molecule has 58 valence electrons. The zero-order valence-corrected chi connectivity index (χ0v) is 6.86. The van der Waals surface area contributed by atoms with Gasteiger partial charge in [-0.25, -0.2) is 4.98 Å². The number of anilines is 1. The molecule has 0 aliphatic carbocycles. The molecular formula is C8H9BrN2. The molecule has 0 spiro atoms. The van der Waals surface area contributed by atoms with Crippen LogP contribution in [0.4, 0.5) is 5.82 Å². The highest BCUT2D eigenvalue weighted by atomic mass is 79.9. The van der Waals surface area contributed by atoms with Crippen LogP contribution in [0.3, 0.4) is 0 Å². The van der Waals surface area contributed by atoms with E-state index in [1.54, 1.807) is 0 Å². The van der Waals surface area contributed by atoms with Crippen LogP contribution < -0.4 is 4.90 Å².